The number of halogens is 1. The molecule has 1 amide bonds. The molecule has 5 heterocycles. The lowest BCUT2D eigenvalue weighted by Gasteiger charge is -2.27. The number of pyridine rings is 2. The molecule has 4 aromatic rings. The minimum Gasteiger partial charge on any atom is -0.393 e. The first-order chi connectivity index (χ1) is 18.0. The molecular weight excluding hydrogens is 471 g/mol. The number of anilines is 3. The molecular formula is C28H29FN6O2. The van der Waals surface area contributed by atoms with Crippen molar-refractivity contribution in [1.82, 2.24) is 19.7 Å². The molecule has 190 valence electrons. The number of nitrogens with one attached hydrogen (secondary N) is 2. The number of amides is 1. The van der Waals surface area contributed by atoms with Crippen LogP contribution in [0.5, 0.6) is 0 Å². The highest BCUT2D eigenvalue weighted by Gasteiger charge is 2.27. The van der Waals surface area contributed by atoms with Crippen molar-refractivity contribution in [2.75, 3.05) is 23.3 Å². The molecule has 0 bridgehead atoms. The molecule has 9 heteroatoms. The maximum Gasteiger partial charge on any atom is 0.254 e. The van der Waals surface area contributed by atoms with Gasteiger partial charge in [0.05, 0.1) is 41.1 Å². The molecule has 0 radical (unpaired) electrons. The second kappa shape index (κ2) is 9.48. The average Bonchev–Trinajstić information content (AvgIpc) is 3.39. The van der Waals surface area contributed by atoms with Crippen LogP contribution in [0.2, 0.25) is 0 Å². The highest BCUT2D eigenvalue weighted by molar-refractivity contribution is 6.06. The standard InChI is InChI=1S/C28H29FN6O2/c1-17(36)18-4-2-3-10-34(16-18)20-5-8-25(30-13-20)33-23-7-6-21(22-14-32-28(37)27(22)23)24-15-31-26-12-19(29)9-11-35(24)26/h5-9,11-13,15,17-18,36H,2-4,10,14,16H2,1H3,(H,30,33)(H,32,37)/t17?,18-/m0/s1. The fourth-order valence-electron chi connectivity index (χ4n) is 5.44. The SMILES string of the molecule is CC(O)[C@H]1CCCCN(c2ccc(Nc3ccc(-c4cnc5cc(F)ccn45)c4c3C(=O)NC4)nc2)C1. The molecule has 0 saturated carbocycles. The minimum absolute atomic E-state index is 0.149. The highest BCUT2D eigenvalue weighted by Crippen LogP contribution is 2.35. The summed E-state index contributed by atoms with van der Waals surface area (Å²) in [6.45, 7) is 4.04. The molecule has 1 saturated heterocycles. The number of aromatic nitrogens is 3. The highest BCUT2D eigenvalue weighted by atomic mass is 19.1. The van der Waals surface area contributed by atoms with Gasteiger partial charge in [-0.05, 0) is 49.6 Å². The zero-order valence-electron chi connectivity index (χ0n) is 20.6. The molecule has 1 aromatic carbocycles. The summed E-state index contributed by atoms with van der Waals surface area (Å²) in [4.78, 5) is 24.1. The van der Waals surface area contributed by atoms with Gasteiger partial charge in [-0.1, -0.05) is 12.5 Å². The Balaban J connectivity index is 1.28. The number of nitrogens with zero attached hydrogens (tertiary/aromatic N) is 4. The van der Waals surface area contributed by atoms with Crippen molar-refractivity contribution >= 4 is 28.7 Å². The van der Waals surface area contributed by atoms with Gasteiger partial charge in [0, 0.05) is 43.4 Å². The third kappa shape index (κ3) is 4.40. The Bertz CT molecular complexity index is 1470. The van der Waals surface area contributed by atoms with Crippen molar-refractivity contribution in [1.29, 1.82) is 0 Å². The fourth-order valence-corrected chi connectivity index (χ4v) is 5.44. The summed E-state index contributed by atoms with van der Waals surface area (Å²) < 4.78 is 15.5. The van der Waals surface area contributed by atoms with Crippen LogP contribution in [0.15, 0.2) is 55.0 Å². The number of aliphatic hydroxyl groups excluding tert-OH is 1. The lowest BCUT2D eigenvalue weighted by Crippen LogP contribution is -2.32. The number of fused-ring (bicyclic) bond motifs is 2. The van der Waals surface area contributed by atoms with Crippen molar-refractivity contribution in [3.63, 3.8) is 0 Å². The third-order valence-electron chi connectivity index (χ3n) is 7.48. The van der Waals surface area contributed by atoms with Crippen molar-refractivity contribution < 1.29 is 14.3 Å². The largest absolute Gasteiger partial charge is 0.393 e. The number of rotatable bonds is 5. The second-order valence-electron chi connectivity index (χ2n) is 9.88. The van der Waals surface area contributed by atoms with Crippen LogP contribution in [0, 0.1) is 11.7 Å². The van der Waals surface area contributed by atoms with Gasteiger partial charge in [-0.25, -0.2) is 14.4 Å². The van der Waals surface area contributed by atoms with Crippen LogP contribution in [-0.2, 0) is 6.54 Å². The second-order valence-corrected chi connectivity index (χ2v) is 9.88. The summed E-state index contributed by atoms with van der Waals surface area (Å²) in [7, 11) is 0. The van der Waals surface area contributed by atoms with Gasteiger partial charge in [-0.2, -0.15) is 0 Å². The van der Waals surface area contributed by atoms with E-state index in [1.807, 2.05) is 41.8 Å². The Hall–Kier alpha value is -3.98. The number of aliphatic hydroxyl groups is 1. The van der Waals surface area contributed by atoms with E-state index in [-0.39, 0.29) is 23.7 Å². The van der Waals surface area contributed by atoms with Gasteiger partial charge in [0.1, 0.15) is 17.3 Å². The van der Waals surface area contributed by atoms with Crippen molar-refractivity contribution in [2.45, 2.75) is 38.8 Å². The Morgan fingerprint density at radius 1 is 1.16 bits per heavy atom. The molecule has 0 spiro atoms. The van der Waals surface area contributed by atoms with Gasteiger partial charge in [0.15, 0.2) is 0 Å². The first-order valence-electron chi connectivity index (χ1n) is 12.7. The van der Waals surface area contributed by atoms with Gasteiger partial charge < -0.3 is 20.6 Å². The first-order valence-corrected chi connectivity index (χ1v) is 12.7. The molecule has 2 atom stereocenters. The van der Waals surface area contributed by atoms with Gasteiger partial charge in [0.2, 0.25) is 0 Å². The summed E-state index contributed by atoms with van der Waals surface area (Å²) in [5.41, 5.74) is 5.33. The number of hydrogen-bond donors (Lipinski definition) is 3. The zero-order valence-corrected chi connectivity index (χ0v) is 20.6. The van der Waals surface area contributed by atoms with Gasteiger partial charge >= 0.3 is 0 Å². The van der Waals surface area contributed by atoms with E-state index in [2.05, 4.69) is 25.5 Å². The predicted octanol–water partition coefficient (Wildman–Crippen LogP) is 4.51. The van der Waals surface area contributed by atoms with E-state index in [9.17, 15) is 14.3 Å². The number of carbonyl (C=O) groups excluding carboxylic acids is 1. The van der Waals surface area contributed by atoms with Crippen LogP contribution in [0.25, 0.3) is 16.9 Å². The summed E-state index contributed by atoms with van der Waals surface area (Å²) in [5.74, 6) is 0.408. The van der Waals surface area contributed by atoms with Gasteiger partial charge in [0.25, 0.3) is 5.91 Å². The summed E-state index contributed by atoms with van der Waals surface area (Å²) in [5, 5.41) is 16.4. The molecule has 1 unspecified atom stereocenters. The average molecular weight is 501 g/mol. The minimum atomic E-state index is -0.344. The maximum absolute atomic E-state index is 13.6. The monoisotopic (exact) mass is 500 g/mol. The molecule has 8 nitrogen and oxygen atoms in total. The van der Waals surface area contributed by atoms with E-state index in [4.69, 9.17) is 0 Å². The summed E-state index contributed by atoms with van der Waals surface area (Å²) in [6, 6.07) is 10.6. The molecule has 6 rings (SSSR count). The molecule has 37 heavy (non-hydrogen) atoms. The maximum atomic E-state index is 13.6. The Morgan fingerprint density at radius 3 is 2.86 bits per heavy atom. The van der Waals surface area contributed by atoms with Crippen LogP contribution in [0.3, 0.4) is 0 Å². The van der Waals surface area contributed by atoms with E-state index >= 15 is 0 Å². The van der Waals surface area contributed by atoms with Crippen molar-refractivity contribution in [2.24, 2.45) is 5.92 Å². The van der Waals surface area contributed by atoms with E-state index < -0.39 is 0 Å². The number of hydrogen-bond acceptors (Lipinski definition) is 6. The summed E-state index contributed by atoms with van der Waals surface area (Å²) >= 11 is 0. The normalized spacial score (nSPS) is 18.4. The van der Waals surface area contributed by atoms with E-state index in [1.165, 1.54) is 12.1 Å². The summed E-state index contributed by atoms with van der Waals surface area (Å²) in [6.07, 6.45) is 8.12. The predicted molar refractivity (Wildman–Crippen MR) is 141 cm³/mol. The number of carbonyl (C=O) groups is 1. The Kier molecular flexibility index (Phi) is 6.00. The topological polar surface area (TPSA) is 94.8 Å². The van der Waals surface area contributed by atoms with E-state index in [0.717, 1.165) is 54.9 Å². The lowest BCUT2D eigenvalue weighted by atomic mass is 9.98. The molecule has 1 fully saturated rings. The number of benzene rings is 1. The van der Waals surface area contributed by atoms with E-state index in [0.29, 0.717) is 29.3 Å². The molecule has 0 aliphatic carbocycles. The molecule has 2 aliphatic rings. The third-order valence-corrected chi connectivity index (χ3v) is 7.48. The Morgan fingerprint density at radius 2 is 2.05 bits per heavy atom. The first kappa shape index (κ1) is 23.4. The van der Waals surface area contributed by atoms with Crippen LogP contribution in [0.4, 0.5) is 21.6 Å². The molecule has 3 aromatic heterocycles. The zero-order chi connectivity index (χ0) is 25.5. The van der Waals surface area contributed by atoms with Gasteiger partial charge in [-0.3, -0.25) is 9.20 Å². The lowest BCUT2D eigenvalue weighted by molar-refractivity contribution is 0.0966. The van der Waals surface area contributed by atoms with Crippen LogP contribution in [-0.4, -0.2) is 44.6 Å². The van der Waals surface area contributed by atoms with Crippen LogP contribution < -0.4 is 15.5 Å². The van der Waals surface area contributed by atoms with Crippen LogP contribution in [0.1, 0.15) is 42.1 Å². The molecule has 2 aliphatic heterocycles. The molecule has 3 N–H and O–H groups in total. The number of imidazole rings is 1. The van der Waals surface area contributed by atoms with Crippen LogP contribution >= 0.6 is 0 Å². The van der Waals surface area contributed by atoms with Gasteiger partial charge in [-0.15, -0.1) is 0 Å². The fraction of sp³-hybridized carbons (Fsp3) is 0.321. The van der Waals surface area contributed by atoms with Crippen molar-refractivity contribution in [3.05, 3.63) is 71.9 Å². The quantitative estimate of drug-likeness (QED) is 0.373. The van der Waals surface area contributed by atoms with Crippen molar-refractivity contribution in [3.8, 4) is 11.3 Å². The smallest absolute Gasteiger partial charge is 0.254 e. The van der Waals surface area contributed by atoms with E-state index in [1.54, 1.807) is 12.4 Å². The Labute approximate surface area is 214 Å².